The van der Waals surface area contributed by atoms with Crippen molar-refractivity contribution in [3.63, 3.8) is 0 Å². The minimum absolute atomic E-state index is 0.113. The number of amides is 1. The number of hydrogen-bond acceptors (Lipinski definition) is 5. The fraction of sp³-hybridized carbons (Fsp3) is 0.400. The first-order chi connectivity index (χ1) is 17.4. The summed E-state index contributed by atoms with van der Waals surface area (Å²) < 4.78 is 11.0. The van der Waals surface area contributed by atoms with Gasteiger partial charge in [0.15, 0.2) is 0 Å². The number of rotatable bonds is 9. The number of esters is 1. The van der Waals surface area contributed by atoms with Gasteiger partial charge in [0.1, 0.15) is 11.9 Å². The number of nitrogens with one attached hydrogen (secondary N) is 1. The molecule has 1 aromatic heterocycles. The van der Waals surface area contributed by atoms with Crippen LogP contribution in [0.5, 0.6) is 5.75 Å². The third-order valence-electron chi connectivity index (χ3n) is 6.27. The van der Waals surface area contributed by atoms with Gasteiger partial charge in [0.05, 0.1) is 28.3 Å². The average Bonchev–Trinajstić information content (AvgIpc) is 3.23. The van der Waals surface area contributed by atoms with Crippen molar-refractivity contribution in [2.75, 3.05) is 13.7 Å². The minimum atomic E-state index is -0.372. The molecule has 5 nitrogen and oxygen atoms in total. The van der Waals surface area contributed by atoms with Crippen LogP contribution in [0, 0.1) is 13.8 Å². The van der Waals surface area contributed by atoms with Gasteiger partial charge in [0.2, 0.25) is 0 Å². The molecule has 1 heterocycles. The van der Waals surface area contributed by atoms with Crippen molar-refractivity contribution in [3.05, 3.63) is 73.9 Å². The molecule has 0 aliphatic rings. The SMILES string of the molecule is CCC(Oc1cc(C)c(-c2ccc(C(C)(C)C)cc2)c(C)c1)c1sc(C(=O)NCCC(=O)OC)cc1Cl. The number of aryl methyl sites for hydroxylation is 2. The van der Waals surface area contributed by atoms with Crippen LogP contribution >= 0.6 is 22.9 Å². The third kappa shape index (κ3) is 7.14. The van der Waals surface area contributed by atoms with Crippen LogP contribution < -0.4 is 10.1 Å². The molecule has 3 rings (SSSR count). The smallest absolute Gasteiger partial charge is 0.307 e. The van der Waals surface area contributed by atoms with Crippen molar-refractivity contribution >= 4 is 34.8 Å². The van der Waals surface area contributed by atoms with E-state index in [1.54, 1.807) is 6.07 Å². The normalized spacial score (nSPS) is 12.2. The van der Waals surface area contributed by atoms with Gasteiger partial charge in [-0.3, -0.25) is 9.59 Å². The summed E-state index contributed by atoms with van der Waals surface area (Å²) in [5.41, 5.74) is 6.09. The largest absolute Gasteiger partial charge is 0.485 e. The van der Waals surface area contributed by atoms with E-state index in [-0.39, 0.29) is 36.4 Å². The third-order valence-corrected chi connectivity index (χ3v) is 7.92. The van der Waals surface area contributed by atoms with Crippen molar-refractivity contribution < 1.29 is 19.1 Å². The lowest BCUT2D eigenvalue weighted by Gasteiger charge is -2.21. The summed E-state index contributed by atoms with van der Waals surface area (Å²) in [4.78, 5) is 25.1. The number of carbonyl (C=O) groups excluding carboxylic acids is 2. The Balaban J connectivity index is 1.78. The van der Waals surface area contributed by atoms with Gasteiger partial charge >= 0.3 is 5.97 Å². The lowest BCUT2D eigenvalue weighted by Crippen LogP contribution is -2.25. The zero-order valence-electron chi connectivity index (χ0n) is 22.7. The Kier molecular flexibility index (Phi) is 9.43. The van der Waals surface area contributed by atoms with Gasteiger partial charge in [-0.15, -0.1) is 11.3 Å². The molecule has 1 atom stereocenters. The van der Waals surface area contributed by atoms with Gasteiger partial charge in [0.25, 0.3) is 5.91 Å². The van der Waals surface area contributed by atoms with Crippen LogP contribution in [-0.2, 0) is 14.9 Å². The molecule has 0 spiro atoms. The maximum absolute atomic E-state index is 12.5. The molecular weight excluding hydrogens is 506 g/mol. The quantitative estimate of drug-likeness (QED) is 0.281. The van der Waals surface area contributed by atoms with Crippen LogP contribution in [-0.4, -0.2) is 25.5 Å². The van der Waals surface area contributed by atoms with Crippen molar-refractivity contribution in [3.8, 4) is 16.9 Å². The van der Waals surface area contributed by atoms with Crippen LogP contribution in [0.1, 0.15) is 77.9 Å². The predicted molar refractivity (Wildman–Crippen MR) is 152 cm³/mol. The fourth-order valence-electron chi connectivity index (χ4n) is 4.25. The van der Waals surface area contributed by atoms with Crippen LogP contribution in [0.3, 0.4) is 0 Å². The molecule has 3 aromatic rings. The molecule has 0 bridgehead atoms. The van der Waals surface area contributed by atoms with Gasteiger partial charge in [0, 0.05) is 6.54 Å². The van der Waals surface area contributed by atoms with Gasteiger partial charge in [-0.2, -0.15) is 0 Å². The molecule has 0 saturated carbocycles. The molecular formula is C30H36ClNO4S. The molecule has 0 aliphatic heterocycles. The topological polar surface area (TPSA) is 64.6 Å². The van der Waals surface area contributed by atoms with Crippen molar-refractivity contribution in [1.82, 2.24) is 5.32 Å². The first kappa shape index (κ1) is 28.7. The Morgan fingerprint density at radius 3 is 2.22 bits per heavy atom. The number of methoxy groups -OCH3 is 1. The lowest BCUT2D eigenvalue weighted by molar-refractivity contribution is -0.140. The molecule has 0 aliphatic carbocycles. The monoisotopic (exact) mass is 541 g/mol. The summed E-state index contributed by atoms with van der Waals surface area (Å²) >= 11 is 7.84. The average molecular weight is 542 g/mol. The second-order valence-corrected chi connectivity index (χ2v) is 11.7. The van der Waals surface area contributed by atoms with E-state index in [1.165, 1.54) is 35.1 Å². The molecule has 0 radical (unpaired) electrons. The highest BCUT2D eigenvalue weighted by Gasteiger charge is 2.22. The summed E-state index contributed by atoms with van der Waals surface area (Å²) in [5, 5.41) is 3.23. The first-order valence-corrected chi connectivity index (χ1v) is 13.7. The van der Waals surface area contributed by atoms with E-state index < -0.39 is 0 Å². The van der Waals surface area contributed by atoms with Crippen molar-refractivity contribution in [1.29, 1.82) is 0 Å². The number of thiophene rings is 1. The number of hydrogen-bond donors (Lipinski definition) is 1. The van der Waals surface area contributed by atoms with Crippen molar-refractivity contribution in [2.24, 2.45) is 0 Å². The van der Waals surface area contributed by atoms with Gasteiger partial charge in [-0.25, -0.2) is 0 Å². The Bertz CT molecular complexity index is 1230. The maximum atomic E-state index is 12.5. The van der Waals surface area contributed by atoms with E-state index in [0.717, 1.165) is 21.8 Å². The van der Waals surface area contributed by atoms with E-state index in [1.807, 2.05) is 6.92 Å². The highest BCUT2D eigenvalue weighted by molar-refractivity contribution is 7.14. The summed E-state index contributed by atoms with van der Waals surface area (Å²) in [6.07, 6.45) is 0.520. The second-order valence-electron chi connectivity index (χ2n) is 10.2. The van der Waals surface area contributed by atoms with Crippen LogP contribution in [0.2, 0.25) is 5.02 Å². The highest BCUT2D eigenvalue weighted by Crippen LogP contribution is 2.38. The van der Waals surface area contributed by atoms with Gasteiger partial charge < -0.3 is 14.8 Å². The van der Waals surface area contributed by atoms with Crippen LogP contribution in [0.4, 0.5) is 0 Å². The van der Waals surface area contributed by atoms with E-state index >= 15 is 0 Å². The Labute approximate surface area is 229 Å². The first-order valence-electron chi connectivity index (χ1n) is 12.5. The number of benzene rings is 2. The van der Waals surface area contributed by atoms with Crippen LogP contribution in [0.25, 0.3) is 11.1 Å². The minimum Gasteiger partial charge on any atom is -0.485 e. The zero-order valence-corrected chi connectivity index (χ0v) is 24.2. The number of ether oxygens (including phenoxy) is 2. The molecule has 7 heteroatoms. The fourth-order valence-corrected chi connectivity index (χ4v) is 5.74. The van der Waals surface area contributed by atoms with E-state index in [9.17, 15) is 9.59 Å². The summed E-state index contributed by atoms with van der Waals surface area (Å²) in [6, 6.07) is 14.6. The zero-order chi connectivity index (χ0) is 27.3. The van der Waals surface area contributed by atoms with Gasteiger partial charge in [-0.1, -0.05) is 63.6 Å². The Morgan fingerprint density at radius 1 is 1.05 bits per heavy atom. The second kappa shape index (κ2) is 12.1. The Hall–Kier alpha value is -2.83. The molecule has 1 amide bonds. The standard InChI is InChI=1S/C30H36ClNO4S/c1-8-24(28-23(31)17-25(37-28)29(34)32-14-13-26(33)35-7)36-22-15-18(2)27(19(3)16-22)20-9-11-21(12-10-20)30(4,5)6/h9-12,15-17,24H,8,13-14H2,1-7H3,(H,32,34). The molecule has 198 valence electrons. The molecule has 37 heavy (non-hydrogen) atoms. The molecule has 1 unspecified atom stereocenters. The van der Waals surface area contributed by atoms with E-state index in [0.29, 0.717) is 16.3 Å². The van der Waals surface area contributed by atoms with Gasteiger partial charge in [-0.05, 0) is 71.7 Å². The summed E-state index contributed by atoms with van der Waals surface area (Å²) in [6.45, 7) is 13.1. The number of halogens is 1. The molecule has 2 aromatic carbocycles. The highest BCUT2D eigenvalue weighted by atomic mass is 35.5. The van der Waals surface area contributed by atoms with E-state index in [4.69, 9.17) is 16.3 Å². The maximum Gasteiger partial charge on any atom is 0.307 e. The van der Waals surface area contributed by atoms with Crippen molar-refractivity contribution in [2.45, 2.75) is 65.9 Å². The molecule has 0 fully saturated rings. The lowest BCUT2D eigenvalue weighted by atomic mass is 9.85. The van der Waals surface area contributed by atoms with Crippen LogP contribution in [0.15, 0.2) is 42.5 Å². The summed E-state index contributed by atoms with van der Waals surface area (Å²) in [7, 11) is 1.32. The molecule has 1 N–H and O–H groups in total. The summed E-state index contributed by atoms with van der Waals surface area (Å²) in [5.74, 6) is 0.124. The van der Waals surface area contributed by atoms with E-state index in [2.05, 4.69) is 81.1 Å². The Morgan fingerprint density at radius 2 is 1.68 bits per heavy atom. The molecule has 0 saturated heterocycles. The predicted octanol–water partition coefficient (Wildman–Crippen LogP) is 7.81. The number of carbonyl (C=O) groups is 2.